The molecule has 0 amide bonds. The first-order valence-electron chi connectivity index (χ1n) is 11.8. The summed E-state index contributed by atoms with van der Waals surface area (Å²) >= 11 is 0. The van der Waals surface area contributed by atoms with Crippen molar-refractivity contribution in [2.75, 3.05) is 33.8 Å². The van der Waals surface area contributed by atoms with E-state index < -0.39 is 78.5 Å². The third kappa shape index (κ3) is 6.43. The molecule has 3 heterocycles. The van der Waals surface area contributed by atoms with Gasteiger partial charge in [-0.2, -0.15) is 0 Å². The molecule has 2 aliphatic rings. The minimum Gasteiger partial charge on any atom is -0.480 e. The maximum absolute atomic E-state index is 12.3. The van der Waals surface area contributed by atoms with Gasteiger partial charge in [0.25, 0.3) is 5.56 Å². The summed E-state index contributed by atoms with van der Waals surface area (Å²) in [6.07, 6.45) is -10.6. The smallest absolute Gasteiger partial charge is 0.330 e. The molecule has 2 fully saturated rings. The Hall–Kier alpha value is -2.25. The highest BCUT2D eigenvalue weighted by atomic mass is 16.7. The minimum atomic E-state index is -1.72. The van der Waals surface area contributed by atoms with Gasteiger partial charge in [0.1, 0.15) is 48.8 Å². The number of hydrogen-bond acceptors (Lipinski definition) is 13. The van der Waals surface area contributed by atoms with E-state index in [0.29, 0.717) is 13.0 Å². The standard InChI is InChI=1S/C21H35N5O11/c1-23-5-3-6-24-11(19(31)32)15(37-20-17(34-2)12(28)9(8-22)35-20)16-13(29)14(30)18(36-16)26-7-4-10(27)25-21(26)33/h4,7,9,11-18,20,23-24,28-30H,3,5-6,8,22H2,1-2H3,(H,31,32)(H,25,27,33)/t9-,11?,12-,13+,14-,15?,16+,17-,18-,20?/m1/s1. The summed E-state index contributed by atoms with van der Waals surface area (Å²) < 4.78 is 23.6. The predicted octanol–water partition coefficient (Wildman–Crippen LogP) is -4.75. The molecule has 1 aromatic rings. The van der Waals surface area contributed by atoms with Crippen molar-refractivity contribution in [1.29, 1.82) is 0 Å². The van der Waals surface area contributed by atoms with Crippen LogP contribution in [0, 0.1) is 0 Å². The number of nitrogens with zero attached hydrogens (tertiary/aromatic N) is 1. The molecule has 0 aliphatic carbocycles. The minimum absolute atomic E-state index is 0.0748. The molecule has 0 spiro atoms. The number of hydrogen-bond donors (Lipinski definition) is 8. The fourth-order valence-electron chi connectivity index (χ4n) is 4.44. The molecule has 3 unspecified atom stereocenters. The van der Waals surface area contributed by atoms with Crippen LogP contribution in [0.4, 0.5) is 0 Å². The number of aliphatic hydroxyl groups excluding tert-OH is 3. The van der Waals surface area contributed by atoms with E-state index >= 15 is 0 Å². The van der Waals surface area contributed by atoms with Gasteiger partial charge in [-0.15, -0.1) is 0 Å². The van der Waals surface area contributed by atoms with Crippen molar-refractivity contribution in [2.24, 2.45) is 5.73 Å². The lowest BCUT2D eigenvalue weighted by molar-refractivity contribution is -0.231. The van der Waals surface area contributed by atoms with Crippen molar-refractivity contribution < 1.29 is 44.2 Å². The van der Waals surface area contributed by atoms with Crippen molar-refractivity contribution >= 4 is 5.97 Å². The Labute approximate surface area is 211 Å². The number of aromatic amines is 1. The summed E-state index contributed by atoms with van der Waals surface area (Å²) in [5, 5.41) is 47.8. The first-order chi connectivity index (χ1) is 17.6. The number of methoxy groups -OCH3 is 1. The van der Waals surface area contributed by atoms with Crippen LogP contribution in [-0.2, 0) is 23.7 Å². The van der Waals surface area contributed by atoms with Crippen LogP contribution < -0.4 is 27.6 Å². The average molecular weight is 534 g/mol. The van der Waals surface area contributed by atoms with E-state index in [-0.39, 0.29) is 13.1 Å². The number of carboxylic acids is 1. The van der Waals surface area contributed by atoms with Crippen LogP contribution in [0.2, 0.25) is 0 Å². The van der Waals surface area contributed by atoms with Crippen LogP contribution in [0.3, 0.4) is 0 Å². The quantitative estimate of drug-likeness (QED) is 0.111. The number of carboxylic acid groups (broad SMARTS) is 1. The highest BCUT2D eigenvalue weighted by molar-refractivity contribution is 5.74. The summed E-state index contributed by atoms with van der Waals surface area (Å²) in [6, 6.07) is -0.455. The Morgan fingerprint density at radius 1 is 1.22 bits per heavy atom. The molecule has 37 heavy (non-hydrogen) atoms. The fraction of sp³-hybridized carbons (Fsp3) is 0.762. The van der Waals surface area contributed by atoms with Gasteiger partial charge in [0.05, 0.1) is 0 Å². The van der Waals surface area contributed by atoms with Crippen LogP contribution in [-0.4, -0.2) is 125 Å². The molecule has 0 radical (unpaired) electrons. The van der Waals surface area contributed by atoms with Gasteiger partial charge in [-0.3, -0.25) is 19.1 Å². The fourth-order valence-corrected chi connectivity index (χ4v) is 4.44. The first kappa shape index (κ1) is 29.3. The zero-order valence-corrected chi connectivity index (χ0v) is 20.4. The van der Waals surface area contributed by atoms with Crippen molar-refractivity contribution in [2.45, 2.75) is 67.7 Å². The number of ether oxygens (including phenoxy) is 4. The largest absolute Gasteiger partial charge is 0.480 e. The number of rotatable bonds is 13. The molecule has 2 aliphatic heterocycles. The molecule has 9 N–H and O–H groups in total. The predicted molar refractivity (Wildman–Crippen MR) is 125 cm³/mol. The summed E-state index contributed by atoms with van der Waals surface area (Å²) in [6.45, 7) is 0.749. The Bertz CT molecular complexity index is 1010. The highest BCUT2D eigenvalue weighted by Crippen LogP contribution is 2.34. The van der Waals surface area contributed by atoms with Crippen molar-refractivity contribution in [3.05, 3.63) is 33.1 Å². The number of H-pyrrole nitrogens is 1. The molecular formula is C21H35N5O11. The van der Waals surface area contributed by atoms with Gasteiger partial charge < -0.3 is 55.7 Å². The molecule has 1 aromatic heterocycles. The molecule has 210 valence electrons. The Kier molecular flexibility index (Phi) is 10.3. The third-order valence-electron chi connectivity index (χ3n) is 6.38. The van der Waals surface area contributed by atoms with Crippen LogP contribution in [0.1, 0.15) is 12.6 Å². The summed E-state index contributed by atoms with van der Waals surface area (Å²) in [4.78, 5) is 38.1. The van der Waals surface area contributed by atoms with E-state index in [1.807, 2.05) is 4.98 Å². The second-order valence-electron chi connectivity index (χ2n) is 8.79. The Morgan fingerprint density at radius 2 is 1.95 bits per heavy atom. The Morgan fingerprint density at radius 3 is 2.54 bits per heavy atom. The van der Waals surface area contributed by atoms with E-state index in [1.165, 1.54) is 7.11 Å². The van der Waals surface area contributed by atoms with Crippen molar-refractivity contribution in [3.8, 4) is 0 Å². The first-order valence-corrected chi connectivity index (χ1v) is 11.8. The normalized spacial score (nSPS) is 33.5. The van der Waals surface area contributed by atoms with Crippen molar-refractivity contribution in [3.63, 3.8) is 0 Å². The number of aromatic nitrogens is 2. The maximum Gasteiger partial charge on any atom is 0.330 e. The van der Waals surface area contributed by atoms with Gasteiger partial charge in [-0.1, -0.05) is 0 Å². The summed E-state index contributed by atoms with van der Waals surface area (Å²) in [5.74, 6) is -1.35. The molecule has 0 aromatic carbocycles. The topological polar surface area (TPSA) is 240 Å². The summed E-state index contributed by atoms with van der Waals surface area (Å²) in [7, 11) is 3.04. The second-order valence-corrected chi connectivity index (χ2v) is 8.79. The van der Waals surface area contributed by atoms with E-state index in [0.717, 1.165) is 16.8 Å². The molecule has 3 rings (SSSR count). The Balaban J connectivity index is 1.94. The van der Waals surface area contributed by atoms with Crippen LogP contribution in [0.25, 0.3) is 0 Å². The van der Waals surface area contributed by atoms with E-state index in [2.05, 4.69) is 10.6 Å². The zero-order valence-electron chi connectivity index (χ0n) is 20.4. The molecule has 0 bridgehead atoms. The molecule has 10 atom stereocenters. The molecule has 0 saturated carbocycles. The van der Waals surface area contributed by atoms with Gasteiger partial charge in [-0.05, 0) is 26.6 Å². The lowest BCUT2D eigenvalue weighted by Crippen LogP contribution is -2.57. The van der Waals surface area contributed by atoms with E-state index in [4.69, 9.17) is 24.7 Å². The van der Waals surface area contributed by atoms with Crippen LogP contribution in [0.15, 0.2) is 21.9 Å². The van der Waals surface area contributed by atoms with Gasteiger partial charge in [0.2, 0.25) is 0 Å². The second kappa shape index (κ2) is 13.0. The number of nitrogens with one attached hydrogen (secondary N) is 3. The SMILES string of the molecule is CNCCCNC(C(=O)O)C(OC1O[C@H](CN)[C@@H](O)[C@H]1OC)[C@H]1O[C@@H](n2ccc(=O)[nH]c2=O)[C@H](O)[C@@H]1O. The number of nitrogens with two attached hydrogens (primary N) is 1. The third-order valence-corrected chi connectivity index (χ3v) is 6.38. The summed E-state index contributed by atoms with van der Waals surface area (Å²) in [5.41, 5.74) is 4.05. The monoisotopic (exact) mass is 533 g/mol. The van der Waals surface area contributed by atoms with Gasteiger partial charge in [-0.25, -0.2) is 4.79 Å². The molecule has 2 saturated heterocycles. The maximum atomic E-state index is 12.3. The number of aliphatic carboxylic acids is 1. The number of carbonyl (C=O) groups is 1. The van der Waals surface area contributed by atoms with Crippen LogP contribution in [0.5, 0.6) is 0 Å². The van der Waals surface area contributed by atoms with E-state index in [1.54, 1.807) is 7.05 Å². The highest BCUT2D eigenvalue weighted by Gasteiger charge is 2.54. The van der Waals surface area contributed by atoms with Gasteiger partial charge >= 0.3 is 11.7 Å². The van der Waals surface area contributed by atoms with Crippen LogP contribution >= 0.6 is 0 Å². The number of aliphatic hydroxyl groups is 3. The zero-order chi connectivity index (χ0) is 27.3. The molecule has 16 nitrogen and oxygen atoms in total. The average Bonchev–Trinajstić information content (AvgIpc) is 3.32. The molecule has 16 heteroatoms. The lowest BCUT2D eigenvalue weighted by atomic mass is 9.98. The van der Waals surface area contributed by atoms with E-state index in [9.17, 15) is 34.8 Å². The van der Waals surface area contributed by atoms with Gasteiger partial charge in [0, 0.05) is 25.9 Å². The van der Waals surface area contributed by atoms with Crippen molar-refractivity contribution in [1.82, 2.24) is 20.2 Å². The lowest BCUT2D eigenvalue weighted by Gasteiger charge is -2.34. The molecular weight excluding hydrogens is 498 g/mol. The van der Waals surface area contributed by atoms with Gasteiger partial charge in [0.15, 0.2) is 12.5 Å².